The molecule has 6 amide bonds. The number of urea groups is 2. The second kappa shape index (κ2) is 18.3. The Labute approximate surface area is 295 Å². The summed E-state index contributed by atoms with van der Waals surface area (Å²) in [6.45, 7) is 17.3. The van der Waals surface area contributed by atoms with E-state index in [1.807, 2.05) is 33.1 Å². The number of nitrogens with one attached hydrogen (secondary N) is 6. The molecule has 0 saturated heterocycles. The molecule has 0 aromatic carbocycles. The van der Waals surface area contributed by atoms with Gasteiger partial charge in [-0.3, -0.25) is 4.90 Å². The number of hydrogen-bond acceptors (Lipinski definition) is 8. The van der Waals surface area contributed by atoms with Gasteiger partial charge in [-0.05, 0) is 108 Å². The van der Waals surface area contributed by atoms with Crippen LogP contribution in [-0.4, -0.2) is 120 Å². The van der Waals surface area contributed by atoms with Crippen LogP contribution in [0.5, 0.6) is 0 Å². The first-order chi connectivity index (χ1) is 22.6. The van der Waals surface area contributed by atoms with E-state index in [9.17, 15) is 19.2 Å². The van der Waals surface area contributed by atoms with Crippen molar-refractivity contribution >= 4 is 24.2 Å². The van der Waals surface area contributed by atoms with Crippen LogP contribution in [0.15, 0.2) is 0 Å². The van der Waals surface area contributed by atoms with E-state index in [2.05, 4.69) is 78.3 Å². The van der Waals surface area contributed by atoms with Gasteiger partial charge in [-0.2, -0.15) is 0 Å². The third kappa shape index (κ3) is 17.0. The van der Waals surface area contributed by atoms with Gasteiger partial charge >= 0.3 is 24.2 Å². The fourth-order valence-corrected chi connectivity index (χ4v) is 8.11. The maximum absolute atomic E-state index is 12.7. The lowest BCUT2D eigenvalue weighted by Gasteiger charge is -2.47. The van der Waals surface area contributed by atoms with Crippen molar-refractivity contribution in [1.82, 2.24) is 41.7 Å². The Bertz CT molecular complexity index is 1100. The zero-order valence-corrected chi connectivity index (χ0v) is 32.3. The first kappa shape index (κ1) is 42.2. The van der Waals surface area contributed by atoms with Crippen molar-refractivity contribution in [2.75, 3.05) is 67.6 Å². The normalized spacial score (nSPS) is 26.6. The minimum absolute atomic E-state index is 0.0102. The molecule has 5 unspecified atom stereocenters. The molecule has 2 aliphatic rings. The quantitative estimate of drug-likeness (QED) is 0.110. The summed E-state index contributed by atoms with van der Waals surface area (Å²) in [5, 5.41) is 17.8. The fourth-order valence-electron chi connectivity index (χ4n) is 8.11. The van der Waals surface area contributed by atoms with Crippen molar-refractivity contribution in [3.63, 3.8) is 0 Å². The molecule has 6 N–H and O–H groups in total. The maximum Gasteiger partial charge on any atom is 0.407 e. The number of ether oxygens (including phenoxy) is 2. The number of rotatable bonds is 15. The number of carbonyl (C=O) groups is 4. The van der Waals surface area contributed by atoms with E-state index in [0.717, 1.165) is 51.5 Å². The summed E-state index contributed by atoms with van der Waals surface area (Å²) in [7, 11) is 7.79. The van der Waals surface area contributed by atoms with E-state index in [-0.39, 0.29) is 52.4 Å². The molecule has 2 rings (SSSR count). The number of amides is 6. The number of carbonyl (C=O) groups excluding carboxylic acids is 4. The van der Waals surface area contributed by atoms with Gasteiger partial charge in [-0.25, -0.2) is 19.2 Å². The summed E-state index contributed by atoms with van der Waals surface area (Å²) in [4.78, 5) is 54.2. The van der Waals surface area contributed by atoms with Gasteiger partial charge in [-0.15, -0.1) is 0 Å². The Morgan fingerprint density at radius 3 is 1.67 bits per heavy atom. The molecule has 2 aliphatic carbocycles. The zero-order chi connectivity index (χ0) is 37.0. The summed E-state index contributed by atoms with van der Waals surface area (Å²) >= 11 is 0. The van der Waals surface area contributed by atoms with Crippen LogP contribution in [0, 0.1) is 21.7 Å². The van der Waals surface area contributed by atoms with Crippen molar-refractivity contribution in [2.24, 2.45) is 21.7 Å². The third-order valence-electron chi connectivity index (χ3n) is 9.26. The monoisotopic (exact) mass is 697 g/mol. The lowest BCUT2D eigenvalue weighted by Crippen LogP contribution is -2.53. The second-order valence-electron chi connectivity index (χ2n) is 17.5. The van der Waals surface area contributed by atoms with Gasteiger partial charge in [0.15, 0.2) is 0 Å². The van der Waals surface area contributed by atoms with Crippen molar-refractivity contribution < 1.29 is 28.7 Å². The van der Waals surface area contributed by atoms with Crippen LogP contribution in [0.2, 0.25) is 0 Å². The summed E-state index contributed by atoms with van der Waals surface area (Å²) in [5.74, 6) is 0. The van der Waals surface area contributed by atoms with Gasteiger partial charge in [-0.1, -0.05) is 41.5 Å². The minimum atomic E-state index is -0.648. The highest BCUT2D eigenvalue weighted by Crippen LogP contribution is 2.46. The van der Waals surface area contributed by atoms with Crippen LogP contribution in [0.3, 0.4) is 0 Å². The molecular weight excluding hydrogens is 628 g/mol. The van der Waals surface area contributed by atoms with Gasteiger partial charge in [0.05, 0.1) is 6.67 Å². The average Bonchev–Trinajstić information content (AvgIpc) is 2.93. The zero-order valence-electron chi connectivity index (χ0n) is 32.3. The molecule has 0 aliphatic heterocycles. The average molecular weight is 697 g/mol. The molecule has 5 atom stereocenters. The van der Waals surface area contributed by atoms with E-state index in [1.54, 1.807) is 6.92 Å². The van der Waals surface area contributed by atoms with Crippen LogP contribution in [0.1, 0.15) is 93.4 Å². The van der Waals surface area contributed by atoms with Crippen molar-refractivity contribution in [3.8, 4) is 0 Å². The van der Waals surface area contributed by atoms with Crippen LogP contribution in [0.4, 0.5) is 19.2 Å². The van der Waals surface area contributed by atoms with Gasteiger partial charge in [0.1, 0.15) is 12.7 Å². The summed E-state index contributed by atoms with van der Waals surface area (Å²) in [5.41, 5.74) is -0.512. The van der Waals surface area contributed by atoms with Crippen LogP contribution >= 0.6 is 0 Å². The first-order valence-electron chi connectivity index (χ1n) is 17.8. The van der Waals surface area contributed by atoms with Crippen LogP contribution in [0.25, 0.3) is 0 Å². The predicted octanol–water partition coefficient (Wildman–Crippen LogP) is 4.07. The molecule has 2 saturated carbocycles. The lowest BCUT2D eigenvalue weighted by molar-refractivity contribution is 0.0402. The molecule has 0 spiro atoms. The van der Waals surface area contributed by atoms with Gasteiger partial charge < -0.3 is 46.3 Å². The molecule has 0 radical (unpaired) electrons. The maximum atomic E-state index is 12.7. The van der Waals surface area contributed by atoms with Crippen molar-refractivity contribution in [2.45, 2.75) is 112 Å². The van der Waals surface area contributed by atoms with E-state index >= 15 is 0 Å². The topological polar surface area (TPSA) is 165 Å². The number of hydrogen-bond donors (Lipinski definition) is 6. The lowest BCUT2D eigenvalue weighted by atomic mass is 9.62. The number of nitrogens with zero attached hydrogens (tertiary/aromatic N) is 2. The molecule has 49 heavy (non-hydrogen) atoms. The Kier molecular flexibility index (Phi) is 15.7. The van der Waals surface area contributed by atoms with E-state index in [0.29, 0.717) is 26.3 Å². The molecular formula is C35H68N8O6. The molecule has 2 fully saturated rings. The standard InChI is InChI=1S/C35H68N8O6/c1-25(49-31(47)38-23-35(7)18-27(16-33(4,5)21-35)41-29(45)39-24-43(10)11)19-48-30(46)37-22-34(6)17-26(15-32(2,3)20-34)40-28(44)36-13-12-14-42(8)9/h25-27H,12-24H2,1-11H3,(H,37,46)(H,38,47)(H2,36,40,44)(H2,39,41,45). The molecule has 14 nitrogen and oxygen atoms in total. The Morgan fingerprint density at radius 1 is 0.694 bits per heavy atom. The third-order valence-corrected chi connectivity index (χ3v) is 9.26. The van der Waals surface area contributed by atoms with Gasteiger partial charge in [0.2, 0.25) is 0 Å². The molecule has 0 aromatic heterocycles. The Balaban J connectivity index is 1.76. The Morgan fingerprint density at radius 2 is 1.18 bits per heavy atom. The summed E-state index contributed by atoms with van der Waals surface area (Å²) in [6, 6.07) is -0.393. The SMILES string of the molecule is CC(COC(=O)NCC1(C)CC(NC(=O)NCCCN(C)C)CC(C)(C)C1)OC(=O)NCC1(C)CC(NC(=O)NCN(C)C)CC(C)(C)C1. The second-order valence-corrected chi connectivity index (χ2v) is 17.5. The molecule has 14 heteroatoms. The summed E-state index contributed by atoms with van der Waals surface area (Å²) < 4.78 is 10.9. The Hall–Kier alpha value is -3.00. The highest BCUT2D eigenvalue weighted by Gasteiger charge is 2.43. The largest absolute Gasteiger partial charge is 0.446 e. The smallest absolute Gasteiger partial charge is 0.407 e. The van der Waals surface area contributed by atoms with Gasteiger partial charge in [0, 0.05) is 31.7 Å². The highest BCUT2D eigenvalue weighted by molar-refractivity contribution is 5.74. The molecule has 0 heterocycles. The molecule has 0 bridgehead atoms. The highest BCUT2D eigenvalue weighted by atomic mass is 16.6. The first-order valence-corrected chi connectivity index (χ1v) is 17.8. The minimum Gasteiger partial charge on any atom is -0.446 e. The fraction of sp³-hybridized carbons (Fsp3) is 0.886. The van der Waals surface area contributed by atoms with E-state index in [4.69, 9.17) is 9.47 Å². The van der Waals surface area contributed by atoms with E-state index < -0.39 is 18.3 Å². The number of alkyl carbamates (subject to hydrolysis) is 2. The molecule has 284 valence electrons. The van der Waals surface area contributed by atoms with Crippen molar-refractivity contribution in [1.29, 1.82) is 0 Å². The van der Waals surface area contributed by atoms with Crippen LogP contribution in [-0.2, 0) is 9.47 Å². The van der Waals surface area contributed by atoms with Crippen molar-refractivity contribution in [3.05, 3.63) is 0 Å². The van der Waals surface area contributed by atoms with Crippen LogP contribution < -0.4 is 31.9 Å². The van der Waals surface area contributed by atoms with E-state index in [1.165, 1.54) is 0 Å². The predicted molar refractivity (Wildman–Crippen MR) is 192 cm³/mol. The summed E-state index contributed by atoms with van der Waals surface area (Å²) in [6.07, 6.45) is 4.02. The molecule has 0 aromatic rings. The van der Waals surface area contributed by atoms with Gasteiger partial charge in [0.25, 0.3) is 0 Å².